The maximum absolute atomic E-state index is 4.73. The quantitative estimate of drug-likeness (QED) is 0.875. The van der Waals surface area contributed by atoms with Crippen molar-refractivity contribution in [3.05, 3.63) is 29.8 Å². The first-order valence-electron chi connectivity index (χ1n) is 6.64. The van der Waals surface area contributed by atoms with Crippen LogP contribution in [0.1, 0.15) is 39.2 Å². The van der Waals surface area contributed by atoms with Gasteiger partial charge in [-0.2, -0.15) is 0 Å². The van der Waals surface area contributed by atoms with E-state index in [1.807, 2.05) is 11.8 Å². The second-order valence-electron chi connectivity index (χ2n) is 5.46. The average Bonchev–Trinajstić information content (AvgIpc) is 2.78. The van der Waals surface area contributed by atoms with E-state index in [1.165, 1.54) is 5.56 Å². The van der Waals surface area contributed by atoms with Gasteiger partial charge in [-0.15, -0.1) is 0 Å². The van der Waals surface area contributed by atoms with E-state index in [2.05, 4.69) is 57.3 Å². The lowest BCUT2D eigenvalue weighted by Gasteiger charge is -2.10. The molecule has 1 atom stereocenters. The van der Waals surface area contributed by atoms with Crippen molar-refractivity contribution in [3.8, 4) is 0 Å². The van der Waals surface area contributed by atoms with Crippen molar-refractivity contribution in [3.63, 3.8) is 0 Å². The Labute approximate surface area is 114 Å². The van der Waals surface area contributed by atoms with E-state index in [-0.39, 0.29) is 0 Å². The normalized spacial score (nSPS) is 19.4. The summed E-state index contributed by atoms with van der Waals surface area (Å²) in [5, 5.41) is 4.50. The first kappa shape index (κ1) is 13.5. The zero-order chi connectivity index (χ0) is 13.1. The summed E-state index contributed by atoms with van der Waals surface area (Å²) in [5.74, 6) is 2.29. The summed E-state index contributed by atoms with van der Waals surface area (Å²) in [5.41, 5.74) is 2.51. The van der Waals surface area contributed by atoms with Crippen LogP contribution in [0.25, 0.3) is 0 Å². The van der Waals surface area contributed by atoms with Crippen molar-refractivity contribution in [1.82, 2.24) is 0 Å². The number of hydrogen-bond donors (Lipinski definition) is 1. The fraction of sp³-hybridized carbons (Fsp3) is 0.533. The molecule has 98 valence electrons. The molecule has 1 heterocycles. The predicted octanol–water partition coefficient (Wildman–Crippen LogP) is 4.35. The highest BCUT2D eigenvalue weighted by Gasteiger charge is 2.21. The van der Waals surface area contributed by atoms with E-state index >= 15 is 0 Å². The van der Waals surface area contributed by atoms with Crippen LogP contribution >= 0.6 is 11.8 Å². The van der Waals surface area contributed by atoms with E-state index in [9.17, 15) is 0 Å². The fourth-order valence-electron chi connectivity index (χ4n) is 1.90. The molecule has 0 saturated heterocycles. The molecule has 1 aliphatic heterocycles. The Morgan fingerprint density at radius 2 is 2.06 bits per heavy atom. The van der Waals surface area contributed by atoms with Crippen LogP contribution in [0, 0.1) is 5.92 Å². The Hall–Kier alpha value is -0.960. The van der Waals surface area contributed by atoms with Gasteiger partial charge < -0.3 is 5.32 Å². The minimum Gasteiger partial charge on any atom is -0.335 e. The number of thioether (sulfide) groups is 1. The van der Waals surface area contributed by atoms with Gasteiger partial charge in [-0.1, -0.05) is 51.6 Å². The van der Waals surface area contributed by atoms with E-state index in [0.29, 0.717) is 17.9 Å². The van der Waals surface area contributed by atoms with Crippen LogP contribution in [-0.2, 0) is 0 Å². The SMILES string of the molecule is CC(C)c1cccc(NC2=N[C@@H](C(C)C)CS2)c1. The molecular formula is C15H22N2S. The van der Waals surface area contributed by atoms with E-state index in [4.69, 9.17) is 4.99 Å². The smallest absolute Gasteiger partial charge is 0.161 e. The Bertz CT molecular complexity index is 438. The zero-order valence-electron chi connectivity index (χ0n) is 11.6. The second-order valence-corrected chi connectivity index (χ2v) is 6.47. The lowest BCUT2D eigenvalue weighted by molar-refractivity contribution is 0.543. The van der Waals surface area contributed by atoms with Crippen LogP contribution in [0.5, 0.6) is 0 Å². The molecule has 0 bridgehead atoms. The molecule has 0 aromatic heterocycles. The average molecular weight is 262 g/mol. The zero-order valence-corrected chi connectivity index (χ0v) is 12.4. The topological polar surface area (TPSA) is 24.4 Å². The van der Waals surface area contributed by atoms with Gasteiger partial charge in [-0.3, -0.25) is 4.99 Å². The van der Waals surface area contributed by atoms with Gasteiger partial charge in [-0.25, -0.2) is 0 Å². The number of rotatable bonds is 3. The molecular weight excluding hydrogens is 240 g/mol. The minimum absolute atomic E-state index is 0.464. The molecule has 0 spiro atoms. The Morgan fingerprint density at radius 3 is 2.67 bits per heavy atom. The molecule has 0 fully saturated rings. The molecule has 1 aromatic rings. The third-order valence-electron chi connectivity index (χ3n) is 3.25. The molecule has 3 heteroatoms. The number of nitrogens with zero attached hydrogens (tertiary/aromatic N) is 1. The Kier molecular flexibility index (Phi) is 4.33. The largest absolute Gasteiger partial charge is 0.335 e. The molecule has 18 heavy (non-hydrogen) atoms. The summed E-state index contributed by atoms with van der Waals surface area (Å²) in [6, 6.07) is 9.08. The summed E-state index contributed by atoms with van der Waals surface area (Å²) in [7, 11) is 0. The van der Waals surface area contributed by atoms with Gasteiger partial charge in [-0.05, 0) is 29.5 Å². The standard InChI is InChI=1S/C15H22N2S/c1-10(2)12-6-5-7-13(8-12)16-15-17-14(9-18-15)11(3)4/h5-8,10-11,14H,9H2,1-4H3,(H,16,17)/t14-/m1/s1. The molecule has 0 amide bonds. The third-order valence-corrected chi connectivity index (χ3v) is 4.24. The van der Waals surface area contributed by atoms with Crippen LogP contribution in [0.2, 0.25) is 0 Å². The molecule has 0 unspecified atom stereocenters. The summed E-state index contributed by atoms with van der Waals surface area (Å²) in [6.07, 6.45) is 0. The summed E-state index contributed by atoms with van der Waals surface area (Å²) in [6.45, 7) is 8.90. The number of anilines is 1. The van der Waals surface area contributed by atoms with Gasteiger partial charge in [0.15, 0.2) is 5.17 Å². The van der Waals surface area contributed by atoms with Gasteiger partial charge >= 0.3 is 0 Å². The van der Waals surface area contributed by atoms with Crippen LogP contribution in [0.15, 0.2) is 29.3 Å². The first-order valence-corrected chi connectivity index (χ1v) is 7.62. The van der Waals surface area contributed by atoms with Crippen molar-refractivity contribution in [2.75, 3.05) is 11.1 Å². The van der Waals surface area contributed by atoms with Gasteiger partial charge in [0, 0.05) is 11.4 Å². The number of nitrogens with one attached hydrogen (secondary N) is 1. The predicted molar refractivity (Wildman–Crippen MR) is 82.7 cm³/mol. The maximum atomic E-state index is 4.73. The van der Waals surface area contributed by atoms with Crippen LogP contribution in [0.4, 0.5) is 5.69 Å². The van der Waals surface area contributed by atoms with E-state index in [0.717, 1.165) is 16.6 Å². The maximum Gasteiger partial charge on any atom is 0.161 e. The van der Waals surface area contributed by atoms with Crippen molar-refractivity contribution in [1.29, 1.82) is 0 Å². The molecule has 1 N–H and O–H groups in total. The van der Waals surface area contributed by atoms with Gasteiger partial charge in [0.25, 0.3) is 0 Å². The fourth-order valence-corrected chi connectivity index (χ4v) is 3.09. The summed E-state index contributed by atoms with van der Waals surface area (Å²) >= 11 is 1.83. The third kappa shape index (κ3) is 3.29. The van der Waals surface area contributed by atoms with Gasteiger partial charge in [0.1, 0.15) is 0 Å². The first-order chi connectivity index (χ1) is 8.56. The van der Waals surface area contributed by atoms with Crippen molar-refractivity contribution in [2.45, 2.75) is 39.7 Å². The van der Waals surface area contributed by atoms with E-state index < -0.39 is 0 Å². The number of amidine groups is 1. The highest BCUT2D eigenvalue weighted by molar-refractivity contribution is 8.14. The summed E-state index contributed by atoms with van der Waals surface area (Å²) in [4.78, 5) is 4.73. The number of aliphatic imine (C=N–C) groups is 1. The van der Waals surface area contributed by atoms with Crippen molar-refractivity contribution >= 4 is 22.6 Å². The molecule has 1 aliphatic rings. The molecule has 0 aliphatic carbocycles. The highest BCUT2D eigenvalue weighted by Crippen LogP contribution is 2.25. The van der Waals surface area contributed by atoms with Crippen LogP contribution < -0.4 is 5.32 Å². The Morgan fingerprint density at radius 1 is 1.28 bits per heavy atom. The highest BCUT2D eigenvalue weighted by atomic mass is 32.2. The monoisotopic (exact) mass is 262 g/mol. The summed E-state index contributed by atoms with van der Waals surface area (Å²) < 4.78 is 0. The second kappa shape index (κ2) is 5.79. The lowest BCUT2D eigenvalue weighted by atomic mass is 10.0. The molecule has 0 saturated carbocycles. The van der Waals surface area contributed by atoms with Crippen molar-refractivity contribution in [2.24, 2.45) is 10.9 Å². The van der Waals surface area contributed by atoms with E-state index in [1.54, 1.807) is 0 Å². The van der Waals surface area contributed by atoms with Gasteiger partial charge in [0.2, 0.25) is 0 Å². The van der Waals surface area contributed by atoms with Crippen LogP contribution in [-0.4, -0.2) is 17.0 Å². The minimum atomic E-state index is 0.464. The Balaban J connectivity index is 2.06. The van der Waals surface area contributed by atoms with Gasteiger partial charge in [0.05, 0.1) is 6.04 Å². The molecule has 2 rings (SSSR count). The van der Waals surface area contributed by atoms with Crippen molar-refractivity contribution < 1.29 is 0 Å². The molecule has 0 radical (unpaired) electrons. The number of hydrogen-bond acceptors (Lipinski definition) is 3. The lowest BCUT2D eigenvalue weighted by Crippen LogP contribution is -2.12. The van der Waals surface area contributed by atoms with Crippen LogP contribution in [0.3, 0.4) is 0 Å². The molecule has 2 nitrogen and oxygen atoms in total. The number of benzene rings is 1. The molecule has 1 aromatic carbocycles.